The molecule has 0 radical (unpaired) electrons. The Bertz CT molecular complexity index is 206. The minimum Gasteiger partial charge on any atom is -0.393 e. The van der Waals surface area contributed by atoms with Gasteiger partial charge in [-0.05, 0) is 49.9 Å². The maximum absolute atomic E-state index is 9.96. The molecule has 2 saturated carbocycles. The van der Waals surface area contributed by atoms with Crippen LogP contribution in [0.1, 0.15) is 46.0 Å². The molecule has 0 aromatic rings. The molecule has 2 aliphatic rings. The molecule has 14 heavy (non-hydrogen) atoms. The summed E-state index contributed by atoms with van der Waals surface area (Å²) in [5.74, 6) is 0.846. The van der Waals surface area contributed by atoms with E-state index in [0.717, 1.165) is 25.7 Å². The Morgan fingerprint density at radius 2 is 2.00 bits per heavy atom. The van der Waals surface area contributed by atoms with Crippen LogP contribution in [0.5, 0.6) is 0 Å². The molecule has 82 valence electrons. The molecule has 5 unspecified atom stereocenters. The number of aliphatic hydroxyl groups is 2. The summed E-state index contributed by atoms with van der Waals surface area (Å²) in [6.07, 6.45) is 5.14. The summed E-state index contributed by atoms with van der Waals surface area (Å²) >= 11 is 0. The van der Waals surface area contributed by atoms with Crippen LogP contribution in [0.3, 0.4) is 0 Å². The number of hydrogen-bond donors (Lipinski definition) is 2. The van der Waals surface area contributed by atoms with E-state index in [1.807, 2.05) is 6.92 Å². The first-order valence-corrected chi connectivity index (χ1v) is 5.92. The Balaban J connectivity index is 2.20. The van der Waals surface area contributed by atoms with Crippen LogP contribution < -0.4 is 0 Å². The minimum atomic E-state index is -0.213. The van der Waals surface area contributed by atoms with Gasteiger partial charge >= 0.3 is 0 Å². The van der Waals surface area contributed by atoms with Gasteiger partial charge < -0.3 is 10.2 Å². The molecular formula is C12H22O2. The van der Waals surface area contributed by atoms with Crippen molar-refractivity contribution >= 4 is 0 Å². The van der Waals surface area contributed by atoms with Gasteiger partial charge in [0.1, 0.15) is 0 Å². The van der Waals surface area contributed by atoms with E-state index in [-0.39, 0.29) is 17.6 Å². The smallest absolute Gasteiger partial charge is 0.0573 e. The third-order valence-electron chi connectivity index (χ3n) is 4.74. The SMILES string of the molecule is CC(O)C1CCC2C(O)CCCC12C. The van der Waals surface area contributed by atoms with E-state index in [1.165, 1.54) is 6.42 Å². The standard InChI is InChI=1S/C12H22O2/c1-8(13)9-5-6-10-11(14)4-3-7-12(9,10)2/h8-11,13-14H,3-7H2,1-2H3. The van der Waals surface area contributed by atoms with Crippen molar-refractivity contribution in [2.45, 2.75) is 58.2 Å². The highest BCUT2D eigenvalue weighted by Gasteiger charge is 2.52. The van der Waals surface area contributed by atoms with Crippen molar-refractivity contribution in [1.29, 1.82) is 0 Å². The van der Waals surface area contributed by atoms with Crippen LogP contribution in [0.25, 0.3) is 0 Å². The highest BCUT2D eigenvalue weighted by atomic mass is 16.3. The maximum atomic E-state index is 9.96. The Labute approximate surface area is 86.3 Å². The molecule has 2 fully saturated rings. The Morgan fingerprint density at radius 1 is 1.29 bits per heavy atom. The number of rotatable bonds is 1. The Hall–Kier alpha value is -0.0800. The molecule has 0 bridgehead atoms. The number of fused-ring (bicyclic) bond motifs is 1. The highest BCUT2D eigenvalue weighted by molar-refractivity contribution is 5.01. The molecule has 2 rings (SSSR count). The quantitative estimate of drug-likeness (QED) is 0.676. The molecule has 0 spiro atoms. The van der Waals surface area contributed by atoms with E-state index in [1.54, 1.807) is 0 Å². The van der Waals surface area contributed by atoms with Gasteiger partial charge in [-0.25, -0.2) is 0 Å². The largest absolute Gasteiger partial charge is 0.393 e. The lowest BCUT2D eigenvalue weighted by Gasteiger charge is -2.44. The van der Waals surface area contributed by atoms with E-state index in [4.69, 9.17) is 0 Å². The van der Waals surface area contributed by atoms with Crippen molar-refractivity contribution in [3.05, 3.63) is 0 Å². The number of aliphatic hydroxyl groups excluding tert-OH is 2. The first-order valence-electron chi connectivity index (χ1n) is 5.92. The van der Waals surface area contributed by atoms with Crippen LogP contribution in [0.15, 0.2) is 0 Å². The highest BCUT2D eigenvalue weighted by Crippen LogP contribution is 2.56. The van der Waals surface area contributed by atoms with Crippen LogP contribution in [0, 0.1) is 17.3 Å². The van der Waals surface area contributed by atoms with Crippen molar-refractivity contribution in [2.75, 3.05) is 0 Å². The second kappa shape index (κ2) is 3.49. The normalized spacial score (nSPS) is 50.1. The molecule has 0 aromatic carbocycles. The van der Waals surface area contributed by atoms with Crippen molar-refractivity contribution in [1.82, 2.24) is 0 Å². The summed E-state index contributed by atoms with van der Waals surface area (Å²) in [5.41, 5.74) is 0.200. The van der Waals surface area contributed by atoms with Gasteiger partial charge in [0, 0.05) is 0 Å². The van der Waals surface area contributed by atoms with Crippen LogP contribution in [0.4, 0.5) is 0 Å². The van der Waals surface area contributed by atoms with E-state index in [9.17, 15) is 10.2 Å². The third-order valence-corrected chi connectivity index (χ3v) is 4.74. The second-order valence-electron chi connectivity index (χ2n) is 5.50. The molecule has 0 aliphatic heterocycles. The van der Waals surface area contributed by atoms with Crippen molar-refractivity contribution in [2.24, 2.45) is 17.3 Å². The summed E-state index contributed by atoms with van der Waals surface area (Å²) in [6, 6.07) is 0. The average molecular weight is 198 g/mol. The lowest BCUT2D eigenvalue weighted by atomic mass is 9.63. The van der Waals surface area contributed by atoms with Gasteiger partial charge in [0.05, 0.1) is 12.2 Å². The van der Waals surface area contributed by atoms with Crippen molar-refractivity contribution in [3.63, 3.8) is 0 Å². The van der Waals surface area contributed by atoms with Gasteiger partial charge in [-0.3, -0.25) is 0 Å². The zero-order valence-corrected chi connectivity index (χ0v) is 9.24. The predicted molar refractivity (Wildman–Crippen MR) is 55.9 cm³/mol. The monoisotopic (exact) mass is 198 g/mol. The maximum Gasteiger partial charge on any atom is 0.0573 e. The molecule has 2 nitrogen and oxygen atoms in total. The molecule has 0 aromatic heterocycles. The van der Waals surface area contributed by atoms with E-state index in [0.29, 0.717) is 11.8 Å². The van der Waals surface area contributed by atoms with Crippen molar-refractivity contribution in [3.8, 4) is 0 Å². The molecule has 0 heterocycles. The van der Waals surface area contributed by atoms with Gasteiger partial charge in [0.25, 0.3) is 0 Å². The minimum absolute atomic E-state index is 0.113. The molecular weight excluding hydrogens is 176 g/mol. The first kappa shape index (κ1) is 10.4. The van der Waals surface area contributed by atoms with Gasteiger partial charge in [0.15, 0.2) is 0 Å². The van der Waals surface area contributed by atoms with Gasteiger partial charge in [0.2, 0.25) is 0 Å². The zero-order chi connectivity index (χ0) is 10.3. The summed E-state index contributed by atoms with van der Waals surface area (Å²) in [4.78, 5) is 0. The van der Waals surface area contributed by atoms with Crippen LogP contribution in [-0.4, -0.2) is 22.4 Å². The number of hydrogen-bond acceptors (Lipinski definition) is 2. The molecule has 0 saturated heterocycles. The van der Waals surface area contributed by atoms with E-state index >= 15 is 0 Å². The first-order chi connectivity index (χ1) is 6.55. The molecule has 2 N–H and O–H groups in total. The zero-order valence-electron chi connectivity index (χ0n) is 9.24. The average Bonchev–Trinajstić information content (AvgIpc) is 2.43. The second-order valence-corrected chi connectivity index (χ2v) is 5.50. The molecule has 0 amide bonds. The van der Waals surface area contributed by atoms with Crippen LogP contribution in [-0.2, 0) is 0 Å². The van der Waals surface area contributed by atoms with Gasteiger partial charge in [-0.1, -0.05) is 13.3 Å². The van der Waals surface area contributed by atoms with Gasteiger partial charge in [-0.2, -0.15) is 0 Å². The fourth-order valence-corrected chi connectivity index (χ4v) is 3.98. The van der Waals surface area contributed by atoms with E-state index in [2.05, 4.69) is 6.92 Å². The molecule has 2 heteroatoms. The summed E-state index contributed by atoms with van der Waals surface area (Å²) < 4.78 is 0. The lowest BCUT2D eigenvalue weighted by molar-refractivity contribution is -0.0435. The Kier molecular flexibility index (Phi) is 2.61. The van der Waals surface area contributed by atoms with E-state index < -0.39 is 0 Å². The van der Waals surface area contributed by atoms with Gasteiger partial charge in [-0.15, -0.1) is 0 Å². The Morgan fingerprint density at radius 3 is 2.64 bits per heavy atom. The summed E-state index contributed by atoms with van der Waals surface area (Å²) in [6.45, 7) is 4.17. The predicted octanol–water partition coefficient (Wildman–Crippen LogP) is 1.94. The molecule has 5 atom stereocenters. The molecule has 2 aliphatic carbocycles. The topological polar surface area (TPSA) is 40.5 Å². The fraction of sp³-hybridized carbons (Fsp3) is 1.00. The summed E-state index contributed by atoms with van der Waals surface area (Å²) in [7, 11) is 0. The van der Waals surface area contributed by atoms with Crippen molar-refractivity contribution < 1.29 is 10.2 Å². The summed E-state index contributed by atoms with van der Waals surface area (Å²) in [5, 5.41) is 19.7. The van der Waals surface area contributed by atoms with Crippen LogP contribution >= 0.6 is 0 Å². The fourth-order valence-electron chi connectivity index (χ4n) is 3.98. The lowest BCUT2D eigenvalue weighted by Crippen LogP contribution is -2.42. The van der Waals surface area contributed by atoms with Crippen LogP contribution in [0.2, 0.25) is 0 Å². The third kappa shape index (κ3) is 1.40.